The molecule has 0 aromatic heterocycles. The van der Waals surface area contributed by atoms with E-state index in [0.717, 1.165) is 6.42 Å². The van der Waals surface area contributed by atoms with Crippen molar-refractivity contribution in [2.75, 3.05) is 12.4 Å². The summed E-state index contributed by atoms with van der Waals surface area (Å²) in [6.07, 6.45) is 0.922. The zero-order valence-corrected chi connectivity index (χ0v) is 11.1. The molecule has 6 heteroatoms. The van der Waals surface area contributed by atoms with Crippen LogP contribution in [0.25, 0.3) is 0 Å². The van der Waals surface area contributed by atoms with E-state index < -0.39 is 4.92 Å². The van der Waals surface area contributed by atoms with Gasteiger partial charge in [0.15, 0.2) is 5.75 Å². The molecule has 0 aliphatic rings. The number of hydrogen-bond donors (Lipinski definition) is 1. The van der Waals surface area contributed by atoms with Crippen LogP contribution in [0.4, 0.5) is 5.69 Å². The summed E-state index contributed by atoms with van der Waals surface area (Å²) in [4.78, 5) is 10.3. The van der Waals surface area contributed by atoms with E-state index in [1.54, 1.807) is 6.07 Å². The normalized spacial score (nSPS) is 12.2. The Kier molecular flexibility index (Phi) is 5.58. The van der Waals surface area contributed by atoms with Crippen molar-refractivity contribution >= 4 is 29.9 Å². The molecule has 0 aliphatic carbocycles. The number of benzene rings is 1. The maximum atomic E-state index is 10.8. The molecule has 0 radical (unpaired) electrons. The van der Waals surface area contributed by atoms with Crippen LogP contribution in [-0.2, 0) is 0 Å². The van der Waals surface area contributed by atoms with Gasteiger partial charge in [-0.3, -0.25) is 10.1 Å². The fraction of sp³-hybridized carbons (Fsp3) is 0.455. The van der Waals surface area contributed by atoms with Crippen molar-refractivity contribution in [3.63, 3.8) is 0 Å². The molecule has 0 aliphatic heterocycles. The lowest BCUT2D eigenvalue weighted by molar-refractivity contribution is -0.385. The van der Waals surface area contributed by atoms with Crippen LogP contribution in [0.2, 0.25) is 5.02 Å². The molecule has 0 saturated carbocycles. The summed E-state index contributed by atoms with van der Waals surface area (Å²) in [6, 6.07) is 4.38. The lowest BCUT2D eigenvalue weighted by atomic mass is 10.1. The van der Waals surface area contributed by atoms with E-state index in [1.165, 1.54) is 12.1 Å². The predicted molar refractivity (Wildman–Crippen MR) is 71.2 cm³/mol. The Morgan fingerprint density at radius 3 is 2.82 bits per heavy atom. The first kappa shape index (κ1) is 14.1. The highest BCUT2D eigenvalue weighted by Gasteiger charge is 2.16. The maximum absolute atomic E-state index is 10.8. The highest BCUT2D eigenvalue weighted by molar-refractivity contribution is 7.80. The lowest BCUT2D eigenvalue weighted by Gasteiger charge is -2.13. The summed E-state index contributed by atoms with van der Waals surface area (Å²) in [5.74, 6) is 1.23. The standard InChI is InChI=1S/C11H14ClNO3S/c1-2-8(7-17)6-16-11-4-3-9(12)5-10(11)13(14)15/h3-5,8,17H,2,6-7H2,1H3. The number of nitro benzene ring substituents is 1. The summed E-state index contributed by atoms with van der Waals surface area (Å²) in [5.41, 5.74) is -0.105. The number of ether oxygens (including phenoxy) is 1. The summed E-state index contributed by atoms with van der Waals surface area (Å²) < 4.78 is 5.45. The van der Waals surface area contributed by atoms with Gasteiger partial charge in [-0.1, -0.05) is 18.5 Å². The third-order valence-electron chi connectivity index (χ3n) is 2.43. The second-order valence-electron chi connectivity index (χ2n) is 3.64. The summed E-state index contributed by atoms with van der Waals surface area (Å²) in [5, 5.41) is 11.1. The first-order valence-electron chi connectivity index (χ1n) is 5.26. The highest BCUT2D eigenvalue weighted by atomic mass is 35.5. The molecule has 17 heavy (non-hydrogen) atoms. The van der Waals surface area contributed by atoms with Gasteiger partial charge in [0.1, 0.15) is 0 Å². The number of rotatable bonds is 6. The van der Waals surface area contributed by atoms with E-state index in [1.807, 2.05) is 6.92 Å². The molecule has 1 aromatic carbocycles. The van der Waals surface area contributed by atoms with Gasteiger partial charge in [0.25, 0.3) is 0 Å². The monoisotopic (exact) mass is 275 g/mol. The highest BCUT2D eigenvalue weighted by Crippen LogP contribution is 2.30. The Balaban J connectivity index is 2.80. The minimum atomic E-state index is -0.497. The van der Waals surface area contributed by atoms with Gasteiger partial charge < -0.3 is 4.74 Å². The predicted octanol–water partition coefficient (Wildman–Crippen LogP) is 3.58. The molecule has 1 atom stereocenters. The Hall–Kier alpha value is -0.940. The zero-order chi connectivity index (χ0) is 12.8. The van der Waals surface area contributed by atoms with Crippen LogP contribution in [0.1, 0.15) is 13.3 Å². The van der Waals surface area contributed by atoms with Gasteiger partial charge in [-0.2, -0.15) is 12.6 Å². The SMILES string of the molecule is CCC(CS)COc1ccc(Cl)cc1[N+](=O)[O-]. The van der Waals surface area contributed by atoms with Gasteiger partial charge in [-0.15, -0.1) is 0 Å². The minimum Gasteiger partial charge on any atom is -0.486 e. The quantitative estimate of drug-likeness (QED) is 0.490. The van der Waals surface area contributed by atoms with Crippen molar-refractivity contribution in [3.05, 3.63) is 33.3 Å². The molecule has 0 spiro atoms. The van der Waals surface area contributed by atoms with Gasteiger partial charge in [-0.05, 0) is 24.3 Å². The molecule has 0 bridgehead atoms. The first-order chi connectivity index (χ1) is 8.08. The molecule has 0 heterocycles. The average molecular weight is 276 g/mol. The Morgan fingerprint density at radius 2 is 2.29 bits per heavy atom. The van der Waals surface area contributed by atoms with Crippen molar-refractivity contribution in [1.29, 1.82) is 0 Å². The number of nitro groups is 1. The van der Waals surface area contributed by atoms with Crippen LogP contribution < -0.4 is 4.74 Å². The third-order valence-corrected chi connectivity index (χ3v) is 3.18. The Morgan fingerprint density at radius 1 is 1.59 bits per heavy atom. The zero-order valence-electron chi connectivity index (χ0n) is 9.43. The Bertz CT molecular complexity index is 396. The molecule has 0 N–H and O–H groups in total. The maximum Gasteiger partial charge on any atom is 0.312 e. The smallest absolute Gasteiger partial charge is 0.312 e. The summed E-state index contributed by atoms with van der Waals surface area (Å²) >= 11 is 9.90. The molecule has 1 unspecified atom stereocenters. The topological polar surface area (TPSA) is 52.4 Å². The molecule has 4 nitrogen and oxygen atoms in total. The van der Waals surface area contributed by atoms with E-state index in [9.17, 15) is 10.1 Å². The molecular weight excluding hydrogens is 262 g/mol. The van der Waals surface area contributed by atoms with E-state index in [-0.39, 0.29) is 17.4 Å². The average Bonchev–Trinajstić information content (AvgIpc) is 2.31. The van der Waals surface area contributed by atoms with Crippen molar-refractivity contribution in [3.8, 4) is 5.75 Å². The van der Waals surface area contributed by atoms with Crippen molar-refractivity contribution in [2.24, 2.45) is 5.92 Å². The Labute approximate surface area is 110 Å². The van der Waals surface area contributed by atoms with Gasteiger partial charge in [0.2, 0.25) is 0 Å². The van der Waals surface area contributed by atoms with Crippen molar-refractivity contribution in [2.45, 2.75) is 13.3 Å². The molecule has 94 valence electrons. The minimum absolute atomic E-state index is 0.105. The number of halogens is 1. The largest absolute Gasteiger partial charge is 0.486 e. The van der Waals surface area contributed by atoms with E-state index in [4.69, 9.17) is 16.3 Å². The van der Waals surface area contributed by atoms with Crippen LogP contribution in [-0.4, -0.2) is 17.3 Å². The van der Waals surface area contributed by atoms with Crippen molar-refractivity contribution < 1.29 is 9.66 Å². The first-order valence-corrected chi connectivity index (χ1v) is 6.27. The summed E-state index contributed by atoms with van der Waals surface area (Å²) in [7, 11) is 0. The molecule has 1 aromatic rings. The lowest BCUT2D eigenvalue weighted by Crippen LogP contribution is -2.13. The number of thiol groups is 1. The van der Waals surface area contributed by atoms with E-state index in [2.05, 4.69) is 12.6 Å². The van der Waals surface area contributed by atoms with E-state index in [0.29, 0.717) is 17.4 Å². The van der Waals surface area contributed by atoms with Crippen LogP contribution in [0, 0.1) is 16.0 Å². The van der Waals surface area contributed by atoms with Gasteiger partial charge >= 0.3 is 5.69 Å². The second kappa shape index (κ2) is 6.71. The van der Waals surface area contributed by atoms with E-state index >= 15 is 0 Å². The van der Waals surface area contributed by atoms with Crippen LogP contribution >= 0.6 is 24.2 Å². The molecule has 0 amide bonds. The summed E-state index contributed by atoms with van der Waals surface area (Å²) in [6.45, 7) is 2.45. The van der Waals surface area contributed by atoms with Crippen LogP contribution in [0.15, 0.2) is 18.2 Å². The molecular formula is C11H14ClNO3S. The fourth-order valence-corrected chi connectivity index (χ4v) is 1.79. The van der Waals surface area contributed by atoms with Gasteiger partial charge in [0, 0.05) is 17.0 Å². The van der Waals surface area contributed by atoms with Gasteiger partial charge in [-0.25, -0.2) is 0 Å². The molecule has 0 fully saturated rings. The van der Waals surface area contributed by atoms with Crippen molar-refractivity contribution in [1.82, 2.24) is 0 Å². The van der Waals surface area contributed by atoms with Crippen LogP contribution in [0.5, 0.6) is 5.75 Å². The van der Waals surface area contributed by atoms with Crippen LogP contribution in [0.3, 0.4) is 0 Å². The fourth-order valence-electron chi connectivity index (χ4n) is 1.26. The number of hydrogen-bond acceptors (Lipinski definition) is 4. The molecule has 1 rings (SSSR count). The third kappa shape index (κ3) is 4.09. The number of nitrogens with zero attached hydrogens (tertiary/aromatic N) is 1. The second-order valence-corrected chi connectivity index (χ2v) is 4.44. The van der Waals surface area contributed by atoms with Gasteiger partial charge in [0.05, 0.1) is 11.5 Å². The molecule has 0 saturated heterocycles.